The van der Waals surface area contributed by atoms with Crippen LogP contribution >= 0.6 is 0 Å². The molecule has 1 heterocycles. The van der Waals surface area contributed by atoms with Gasteiger partial charge >= 0.3 is 0 Å². The standard InChI is InChI=1S/C13H25N3O/c1-5-7-16-8-6-15-13(16)12(14-3)9-11(2)10-17-4/h6,8,11-12,14H,5,7,9-10H2,1-4H3. The lowest BCUT2D eigenvalue weighted by Crippen LogP contribution is -2.24. The highest BCUT2D eigenvalue weighted by molar-refractivity contribution is 4.99. The monoisotopic (exact) mass is 239 g/mol. The molecule has 0 bridgehead atoms. The lowest BCUT2D eigenvalue weighted by molar-refractivity contribution is 0.149. The van der Waals surface area contributed by atoms with Crippen LogP contribution in [0.15, 0.2) is 12.4 Å². The molecule has 4 heteroatoms. The number of aromatic nitrogens is 2. The van der Waals surface area contributed by atoms with Gasteiger partial charge in [0, 0.05) is 32.7 Å². The zero-order valence-corrected chi connectivity index (χ0v) is 11.4. The van der Waals surface area contributed by atoms with Crippen molar-refractivity contribution < 1.29 is 4.74 Å². The largest absolute Gasteiger partial charge is 0.384 e. The van der Waals surface area contributed by atoms with E-state index >= 15 is 0 Å². The fraction of sp³-hybridized carbons (Fsp3) is 0.769. The fourth-order valence-corrected chi connectivity index (χ4v) is 2.17. The summed E-state index contributed by atoms with van der Waals surface area (Å²) >= 11 is 0. The molecule has 1 rings (SSSR count). The van der Waals surface area contributed by atoms with Gasteiger partial charge in [-0.05, 0) is 25.8 Å². The molecule has 0 saturated carbocycles. The molecule has 0 aliphatic heterocycles. The maximum absolute atomic E-state index is 5.19. The second-order valence-electron chi connectivity index (χ2n) is 4.62. The number of aryl methyl sites for hydroxylation is 1. The molecule has 0 saturated heterocycles. The van der Waals surface area contributed by atoms with Crippen LogP contribution in [0.1, 0.15) is 38.6 Å². The van der Waals surface area contributed by atoms with E-state index in [-0.39, 0.29) is 0 Å². The molecule has 0 aromatic carbocycles. The van der Waals surface area contributed by atoms with Crippen molar-refractivity contribution in [3.63, 3.8) is 0 Å². The molecule has 1 aromatic rings. The summed E-state index contributed by atoms with van der Waals surface area (Å²) in [5, 5.41) is 3.35. The molecule has 0 fully saturated rings. The minimum absolute atomic E-state index is 0.307. The van der Waals surface area contributed by atoms with Crippen molar-refractivity contribution in [1.29, 1.82) is 0 Å². The van der Waals surface area contributed by atoms with Crippen molar-refractivity contribution in [2.24, 2.45) is 5.92 Å². The summed E-state index contributed by atoms with van der Waals surface area (Å²) < 4.78 is 7.43. The molecule has 2 atom stereocenters. The van der Waals surface area contributed by atoms with Crippen LogP contribution in [0.25, 0.3) is 0 Å². The number of hydrogen-bond donors (Lipinski definition) is 1. The third-order valence-corrected chi connectivity index (χ3v) is 2.96. The highest BCUT2D eigenvalue weighted by Crippen LogP contribution is 2.20. The molecular weight excluding hydrogens is 214 g/mol. The molecule has 4 nitrogen and oxygen atoms in total. The van der Waals surface area contributed by atoms with Crippen molar-refractivity contribution in [3.8, 4) is 0 Å². The maximum Gasteiger partial charge on any atom is 0.125 e. The van der Waals surface area contributed by atoms with Crippen LogP contribution in [0.3, 0.4) is 0 Å². The maximum atomic E-state index is 5.19. The average molecular weight is 239 g/mol. The molecule has 0 amide bonds. The predicted molar refractivity (Wildman–Crippen MR) is 70.0 cm³/mol. The minimum atomic E-state index is 0.307. The SMILES string of the molecule is CCCn1ccnc1C(CC(C)COC)NC. The summed E-state index contributed by atoms with van der Waals surface area (Å²) in [6, 6.07) is 0.307. The van der Waals surface area contributed by atoms with Crippen LogP contribution in [0.4, 0.5) is 0 Å². The van der Waals surface area contributed by atoms with Crippen LogP contribution in [0, 0.1) is 5.92 Å². The summed E-state index contributed by atoms with van der Waals surface area (Å²) in [7, 11) is 3.75. The number of nitrogens with zero attached hydrogens (tertiary/aromatic N) is 2. The number of rotatable bonds is 8. The fourth-order valence-electron chi connectivity index (χ4n) is 2.17. The third kappa shape index (κ3) is 4.13. The van der Waals surface area contributed by atoms with E-state index in [1.54, 1.807) is 7.11 Å². The molecule has 2 unspecified atom stereocenters. The third-order valence-electron chi connectivity index (χ3n) is 2.96. The zero-order chi connectivity index (χ0) is 12.7. The van der Waals surface area contributed by atoms with Crippen molar-refractivity contribution in [3.05, 3.63) is 18.2 Å². The van der Waals surface area contributed by atoms with E-state index in [2.05, 4.69) is 34.9 Å². The van der Waals surface area contributed by atoms with E-state index in [4.69, 9.17) is 4.74 Å². The second-order valence-corrected chi connectivity index (χ2v) is 4.62. The van der Waals surface area contributed by atoms with Gasteiger partial charge in [0.25, 0.3) is 0 Å². The number of hydrogen-bond acceptors (Lipinski definition) is 3. The van der Waals surface area contributed by atoms with Crippen molar-refractivity contribution in [2.45, 2.75) is 39.3 Å². The minimum Gasteiger partial charge on any atom is -0.384 e. The first-order valence-corrected chi connectivity index (χ1v) is 6.40. The van der Waals surface area contributed by atoms with Crippen molar-refractivity contribution >= 4 is 0 Å². The highest BCUT2D eigenvalue weighted by atomic mass is 16.5. The Morgan fingerprint density at radius 1 is 1.53 bits per heavy atom. The summed E-state index contributed by atoms with van der Waals surface area (Å²) in [6.07, 6.45) is 6.12. The van der Waals surface area contributed by atoms with E-state index in [1.807, 2.05) is 13.2 Å². The normalized spacial score (nSPS) is 14.8. The van der Waals surface area contributed by atoms with Gasteiger partial charge in [-0.25, -0.2) is 4.98 Å². The van der Waals surface area contributed by atoms with Crippen LogP contribution in [0.5, 0.6) is 0 Å². The van der Waals surface area contributed by atoms with Gasteiger partial charge in [0.2, 0.25) is 0 Å². The molecule has 0 spiro atoms. The van der Waals surface area contributed by atoms with Gasteiger partial charge in [0.05, 0.1) is 6.04 Å². The Bertz CT molecular complexity index is 311. The topological polar surface area (TPSA) is 39.1 Å². The van der Waals surface area contributed by atoms with Gasteiger partial charge < -0.3 is 14.6 Å². The predicted octanol–water partition coefficient (Wildman–Crippen LogP) is 2.23. The number of ether oxygens (including phenoxy) is 1. The lowest BCUT2D eigenvalue weighted by atomic mass is 10.0. The molecule has 17 heavy (non-hydrogen) atoms. The van der Waals surface area contributed by atoms with Gasteiger partial charge in [0.1, 0.15) is 5.82 Å². The van der Waals surface area contributed by atoms with Gasteiger partial charge in [-0.1, -0.05) is 13.8 Å². The lowest BCUT2D eigenvalue weighted by Gasteiger charge is -2.20. The number of imidazole rings is 1. The Hall–Kier alpha value is -0.870. The Balaban J connectivity index is 2.68. The Morgan fingerprint density at radius 2 is 2.29 bits per heavy atom. The van der Waals surface area contributed by atoms with E-state index in [0.29, 0.717) is 12.0 Å². The molecule has 1 N–H and O–H groups in total. The van der Waals surface area contributed by atoms with Gasteiger partial charge in [-0.3, -0.25) is 0 Å². The first-order chi connectivity index (χ1) is 8.22. The van der Waals surface area contributed by atoms with Gasteiger partial charge in [-0.15, -0.1) is 0 Å². The molecular formula is C13H25N3O. The first kappa shape index (κ1) is 14.2. The summed E-state index contributed by atoms with van der Waals surface area (Å²) in [4.78, 5) is 4.48. The van der Waals surface area contributed by atoms with Crippen LogP contribution in [-0.2, 0) is 11.3 Å². The van der Waals surface area contributed by atoms with Crippen molar-refractivity contribution in [2.75, 3.05) is 20.8 Å². The quantitative estimate of drug-likeness (QED) is 0.756. The number of nitrogens with one attached hydrogen (secondary N) is 1. The van der Waals surface area contributed by atoms with E-state index < -0.39 is 0 Å². The first-order valence-electron chi connectivity index (χ1n) is 6.40. The Morgan fingerprint density at radius 3 is 2.88 bits per heavy atom. The van der Waals surface area contributed by atoms with Gasteiger partial charge in [-0.2, -0.15) is 0 Å². The molecule has 0 radical (unpaired) electrons. The van der Waals surface area contributed by atoms with E-state index in [9.17, 15) is 0 Å². The molecule has 0 aliphatic carbocycles. The summed E-state index contributed by atoms with van der Waals surface area (Å²) in [5.74, 6) is 1.67. The average Bonchev–Trinajstić information content (AvgIpc) is 2.75. The van der Waals surface area contributed by atoms with Crippen molar-refractivity contribution in [1.82, 2.24) is 14.9 Å². The van der Waals surface area contributed by atoms with Gasteiger partial charge in [0.15, 0.2) is 0 Å². The van der Waals surface area contributed by atoms with E-state index in [1.165, 1.54) is 0 Å². The summed E-state index contributed by atoms with van der Waals surface area (Å²) in [5.41, 5.74) is 0. The second kappa shape index (κ2) is 7.45. The van der Waals surface area contributed by atoms with E-state index in [0.717, 1.165) is 31.8 Å². The molecule has 1 aromatic heterocycles. The molecule has 0 aliphatic rings. The number of methoxy groups -OCH3 is 1. The Labute approximate surface area is 104 Å². The highest BCUT2D eigenvalue weighted by Gasteiger charge is 2.17. The van der Waals surface area contributed by atoms with Crippen LogP contribution in [-0.4, -0.2) is 30.3 Å². The van der Waals surface area contributed by atoms with Crippen LogP contribution < -0.4 is 5.32 Å². The smallest absolute Gasteiger partial charge is 0.125 e. The summed E-state index contributed by atoms with van der Waals surface area (Å²) in [6.45, 7) is 6.23. The molecule has 98 valence electrons. The zero-order valence-electron chi connectivity index (χ0n) is 11.4. The Kier molecular flexibility index (Phi) is 6.22. The van der Waals surface area contributed by atoms with Crippen LogP contribution in [0.2, 0.25) is 0 Å².